The Bertz CT molecular complexity index is 341. The maximum Gasteiger partial charge on any atom is 0.226 e. The van der Waals surface area contributed by atoms with Crippen LogP contribution < -0.4 is 5.32 Å². The number of nitrogens with one attached hydrogen (secondary N) is 1. The first-order chi connectivity index (χ1) is 8.97. The summed E-state index contributed by atoms with van der Waals surface area (Å²) in [5, 5.41) is 22.7. The quantitative estimate of drug-likeness (QED) is 0.654. The van der Waals surface area contributed by atoms with Crippen molar-refractivity contribution < 1.29 is 19.8 Å². The van der Waals surface area contributed by atoms with E-state index in [1.54, 1.807) is 0 Å². The average molecular weight is 269 g/mol. The number of aliphatic hydroxyl groups excluding tert-OH is 2. The highest BCUT2D eigenvalue weighted by Gasteiger charge is 2.36. The van der Waals surface area contributed by atoms with E-state index >= 15 is 0 Å². The zero-order valence-corrected chi connectivity index (χ0v) is 11.3. The van der Waals surface area contributed by atoms with Crippen LogP contribution in [0, 0.1) is 17.8 Å². The van der Waals surface area contributed by atoms with Gasteiger partial charge in [-0.1, -0.05) is 13.3 Å². The Morgan fingerprint density at radius 3 is 2.53 bits per heavy atom. The van der Waals surface area contributed by atoms with Crippen LogP contribution in [-0.4, -0.2) is 34.2 Å². The molecule has 1 saturated heterocycles. The molecule has 2 fully saturated rings. The third-order valence-corrected chi connectivity index (χ3v) is 4.51. The van der Waals surface area contributed by atoms with Gasteiger partial charge in [-0.2, -0.15) is 0 Å². The van der Waals surface area contributed by atoms with E-state index in [9.17, 15) is 19.8 Å². The number of hydrogen-bond donors (Lipinski definition) is 3. The van der Waals surface area contributed by atoms with Crippen molar-refractivity contribution in [2.24, 2.45) is 17.8 Å². The Morgan fingerprint density at radius 2 is 1.89 bits per heavy atom. The lowest BCUT2D eigenvalue weighted by atomic mass is 9.74. The van der Waals surface area contributed by atoms with Crippen molar-refractivity contribution in [3.63, 3.8) is 0 Å². The Kier molecular flexibility index (Phi) is 4.58. The molecule has 1 heterocycles. The second kappa shape index (κ2) is 6.01. The number of rotatable bonds is 3. The molecule has 1 aliphatic carbocycles. The highest BCUT2D eigenvalue weighted by molar-refractivity contribution is 5.97. The zero-order valence-electron chi connectivity index (χ0n) is 11.3. The second-order valence-electron chi connectivity index (χ2n) is 6.11. The first-order valence-corrected chi connectivity index (χ1v) is 7.16. The minimum Gasteiger partial charge on any atom is -0.393 e. The molecule has 3 N–H and O–H groups in total. The van der Waals surface area contributed by atoms with Gasteiger partial charge in [0.2, 0.25) is 11.8 Å². The number of carbonyl (C=O) groups is 2. The molecule has 0 spiro atoms. The van der Waals surface area contributed by atoms with E-state index < -0.39 is 12.2 Å². The van der Waals surface area contributed by atoms with Gasteiger partial charge in [0.25, 0.3) is 0 Å². The van der Waals surface area contributed by atoms with Crippen LogP contribution in [0.3, 0.4) is 0 Å². The summed E-state index contributed by atoms with van der Waals surface area (Å²) in [5.74, 6) is -0.522. The molecule has 0 radical (unpaired) electrons. The lowest BCUT2D eigenvalue weighted by molar-refractivity contribution is -0.135. The fourth-order valence-electron chi connectivity index (χ4n) is 3.40. The summed E-state index contributed by atoms with van der Waals surface area (Å²) < 4.78 is 0. The van der Waals surface area contributed by atoms with Crippen molar-refractivity contribution in [3.05, 3.63) is 0 Å². The predicted molar refractivity (Wildman–Crippen MR) is 69.0 cm³/mol. The highest BCUT2D eigenvalue weighted by atomic mass is 16.3. The third-order valence-electron chi connectivity index (χ3n) is 4.51. The van der Waals surface area contributed by atoms with Crippen LogP contribution >= 0.6 is 0 Å². The number of imide groups is 1. The van der Waals surface area contributed by atoms with Gasteiger partial charge in [0.05, 0.1) is 12.2 Å². The maximum atomic E-state index is 11.3. The molecule has 0 aromatic carbocycles. The number of carbonyl (C=O) groups excluding carboxylic acids is 2. The Hall–Kier alpha value is -0.940. The molecule has 2 aliphatic rings. The summed E-state index contributed by atoms with van der Waals surface area (Å²) >= 11 is 0. The molecule has 5 nitrogen and oxygen atoms in total. The van der Waals surface area contributed by atoms with Gasteiger partial charge in [-0.3, -0.25) is 14.9 Å². The average Bonchev–Trinajstić information content (AvgIpc) is 2.31. The molecule has 108 valence electrons. The van der Waals surface area contributed by atoms with Crippen molar-refractivity contribution in [1.29, 1.82) is 0 Å². The lowest BCUT2D eigenvalue weighted by Gasteiger charge is -2.37. The minimum absolute atomic E-state index is 0.0966. The Labute approximate surface area is 113 Å². The molecule has 4 unspecified atom stereocenters. The summed E-state index contributed by atoms with van der Waals surface area (Å²) in [4.78, 5) is 22.6. The largest absolute Gasteiger partial charge is 0.393 e. The highest BCUT2D eigenvalue weighted by Crippen LogP contribution is 2.34. The van der Waals surface area contributed by atoms with Crippen LogP contribution in [0.25, 0.3) is 0 Å². The van der Waals surface area contributed by atoms with Gasteiger partial charge in [-0.15, -0.1) is 0 Å². The van der Waals surface area contributed by atoms with E-state index in [2.05, 4.69) is 5.32 Å². The monoisotopic (exact) mass is 269 g/mol. The fourth-order valence-corrected chi connectivity index (χ4v) is 3.40. The number of piperidine rings is 1. The van der Waals surface area contributed by atoms with Gasteiger partial charge in [-0.25, -0.2) is 0 Å². The lowest BCUT2D eigenvalue weighted by Crippen LogP contribution is -2.43. The van der Waals surface area contributed by atoms with Crippen molar-refractivity contribution in [2.75, 3.05) is 0 Å². The molecule has 5 heteroatoms. The zero-order chi connectivity index (χ0) is 14.0. The molecule has 0 aromatic rings. The minimum atomic E-state index is -0.624. The molecule has 1 aliphatic heterocycles. The summed E-state index contributed by atoms with van der Waals surface area (Å²) in [6.45, 7) is 2.00. The van der Waals surface area contributed by atoms with Crippen LogP contribution in [0.1, 0.15) is 45.4 Å². The normalized spacial score (nSPS) is 35.0. The molecular weight excluding hydrogens is 246 g/mol. The molecule has 4 atom stereocenters. The van der Waals surface area contributed by atoms with Gasteiger partial charge >= 0.3 is 0 Å². The van der Waals surface area contributed by atoms with E-state index in [4.69, 9.17) is 0 Å². The first-order valence-electron chi connectivity index (χ1n) is 7.16. The van der Waals surface area contributed by atoms with Crippen molar-refractivity contribution in [3.8, 4) is 0 Å². The molecule has 19 heavy (non-hydrogen) atoms. The van der Waals surface area contributed by atoms with Crippen LogP contribution in [0.2, 0.25) is 0 Å². The van der Waals surface area contributed by atoms with Crippen molar-refractivity contribution >= 4 is 11.8 Å². The van der Waals surface area contributed by atoms with E-state index in [0.29, 0.717) is 19.3 Å². The maximum absolute atomic E-state index is 11.3. The van der Waals surface area contributed by atoms with Gasteiger partial charge in [-0.05, 0) is 31.1 Å². The second-order valence-corrected chi connectivity index (χ2v) is 6.11. The topological polar surface area (TPSA) is 86.6 Å². The van der Waals surface area contributed by atoms with Crippen LogP contribution in [0.4, 0.5) is 0 Å². The molecule has 0 aromatic heterocycles. The molecule has 2 amide bonds. The SMILES string of the molecule is CC1CCCC(C(O)CC2CC(=O)NC(=O)C2)C1O. The number of aliphatic hydroxyl groups is 2. The smallest absolute Gasteiger partial charge is 0.226 e. The molecule has 2 rings (SSSR count). The van der Waals surface area contributed by atoms with Gasteiger partial charge < -0.3 is 10.2 Å². The van der Waals surface area contributed by atoms with E-state index in [1.807, 2.05) is 6.92 Å². The molecule has 0 bridgehead atoms. The van der Waals surface area contributed by atoms with Crippen LogP contribution in [0.15, 0.2) is 0 Å². The number of amides is 2. The van der Waals surface area contributed by atoms with E-state index in [-0.39, 0.29) is 29.6 Å². The first kappa shape index (κ1) is 14.5. The summed E-state index contributed by atoms with van der Waals surface area (Å²) in [6.07, 6.45) is 2.74. The third kappa shape index (κ3) is 3.54. The van der Waals surface area contributed by atoms with Crippen LogP contribution in [-0.2, 0) is 9.59 Å². The van der Waals surface area contributed by atoms with Crippen molar-refractivity contribution in [1.82, 2.24) is 5.32 Å². The fraction of sp³-hybridized carbons (Fsp3) is 0.857. The van der Waals surface area contributed by atoms with E-state index in [1.165, 1.54) is 0 Å². The van der Waals surface area contributed by atoms with Crippen molar-refractivity contribution in [2.45, 2.75) is 57.7 Å². The molecular formula is C14H23NO4. The Balaban J connectivity index is 1.91. The summed E-state index contributed by atoms with van der Waals surface area (Å²) in [7, 11) is 0. The predicted octanol–water partition coefficient (Wildman–Crippen LogP) is 0.587. The summed E-state index contributed by atoms with van der Waals surface area (Å²) in [5.41, 5.74) is 0. The van der Waals surface area contributed by atoms with Crippen LogP contribution in [0.5, 0.6) is 0 Å². The van der Waals surface area contributed by atoms with Gasteiger partial charge in [0.1, 0.15) is 0 Å². The van der Waals surface area contributed by atoms with Gasteiger partial charge in [0, 0.05) is 18.8 Å². The summed E-state index contributed by atoms with van der Waals surface area (Å²) in [6, 6.07) is 0. The van der Waals surface area contributed by atoms with Gasteiger partial charge in [0.15, 0.2) is 0 Å². The van der Waals surface area contributed by atoms with E-state index in [0.717, 1.165) is 19.3 Å². The number of hydrogen-bond acceptors (Lipinski definition) is 4. The standard InChI is InChI=1S/C14H23NO4/c1-8-3-2-4-10(14(8)19)11(16)5-9-6-12(17)15-13(18)7-9/h8-11,14,16,19H,2-7H2,1H3,(H,15,17,18). The Morgan fingerprint density at radius 1 is 1.26 bits per heavy atom. The molecule has 1 saturated carbocycles.